The Kier molecular flexibility index (Phi) is 2.82. The van der Waals surface area contributed by atoms with Gasteiger partial charge in [-0.1, -0.05) is 24.3 Å². The van der Waals surface area contributed by atoms with Gasteiger partial charge in [0, 0.05) is 5.92 Å². The molecule has 3 nitrogen and oxygen atoms in total. The molecule has 1 amide bonds. The van der Waals surface area contributed by atoms with Gasteiger partial charge in [0.15, 0.2) is 0 Å². The molecule has 1 aromatic carbocycles. The standard InChI is InChI=1S/C18H20N2O/c19-11-18(9-3-4-10-18)20-17(21)16-14-8-7-12-5-1-2-6-13(12)15(14)16/h1-2,5-6,14-16H,3-4,7-10H2,(H,20,21). The van der Waals surface area contributed by atoms with Crippen molar-refractivity contribution < 1.29 is 4.79 Å². The van der Waals surface area contributed by atoms with E-state index in [1.54, 1.807) is 0 Å². The minimum Gasteiger partial charge on any atom is -0.338 e. The maximum absolute atomic E-state index is 12.6. The molecular formula is C18H20N2O. The number of fused-ring (bicyclic) bond motifs is 3. The average molecular weight is 280 g/mol. The molecule has 0 radical (unpaired) electrons. The van der Waals surface area contributed by atoms with Gasteiger partial charge in [-0.15, -0.1) is 0 Å². The van der Waals surface area contributed by atoms with Crippen molar-refractivity contribution in [3.8, 4) is 6.07 Å². The summed E-state index contributed by atoms with van der Waals surface area (Å²) in [6.45, 7) is 0. The van der Waals surface area contributed by atoms with Crippen LogP contribution in [0, 0.1) is 23.2 Å². The van der Waals surface area contributed by atoms with Crippen molar-refractivity contribution in [2.24, 2.45) is 11.8 Å². The molecule has 3 heteroatoms. The summed E-state index contributed by atoms with van der Waals surface area (Å²) in [5.41, 5.74) is 2.19. The van der Waals surface area contributed by atoms with Gasteiger partial charge in [0.1, 0.15) is 5.54 Å². The first kappa shape index (κ1) is 12.9. The first-order valence-corrected chi connectivity index (χ1v) is 8.05. The normalized spacial score (nSPS) is 31.7. The molecule has 0 spiro atoms. The molecule has 0 bridgehead atoms. The van der Waals surface area contributed by atoms with Gasteiger partial charge in [0.2, 0.25) is 5.91 Å². The van der Waals surface area contributed by atoms with Crippen LogP contribution < -0.4 is 5.32 Å². The quantitative estimate of drug-likeness (QED) is 0.905. The van der Waals surface area contributed by atoms with E-state index in [0.29, 0.717) is 11.8 Å². The fourth-order valence-corrected chi connectivity index (χ4v) is 4.49. The Morgan fingerprint density at radius 3 is 2.81 bits per heavy atom. The number of aryl methyl sites for hydroxylation is 1. The number of nitriles is 1. The van der Waals surface area contributed by atoms with E-state index in [4.69, 9.17) is 0 Å². The van der Waals surface area contributed by atoms with Crippen molar-refractivity contribution in [1.29, 1.82) is 5.26 Å². The van der Waals surface area contributed by atoms with Crippen molar-refractivity contribution in [3.63, 3.8) is 0 Å². The van der Waals surface area contributed by atoms with E-state index in [1.807, 2.05) is 0 Å². The number of carbonyl (C=O) groups excluding carboxylic acids is 1. The van der Waals surface area contributed by atoms with Gasteiger partial charge in [-0.05, 0) is 61.5 Å². The lowest BCUT2D eigenvalue weighted by atomic mass is 9.92. The van der Waals surface area contributed by atoms with E-state index in [-0.39, 0.29) is 11.8 Å². The van der Waals surface area contributed by atoms with Gasteiger partial charge in [0.25, 0.3) is 0 Å². The largest absolute Gasteiger partial charge is 0.338 e. The molecule has 21 heavy (non-hydrogen) atoms. The summed E-state index contributed by atoms with van der Waals surface area (Å²) in [6.07, 6.45) is 5.92. The Bertz CT molecular complexity index is 624. The number of hydrogen-bond donors (Lipinski definition) is 1. The minimum absolute atomic E-state index is 0.0967. The number of nitrogens with zero attached hydrogens (tertiary/aromatic N) is 1. The molecule has 2 saturated carbocycles. The van der Waals surface area contributed by atoms with Crippen LogP contribution in [0.15, 0.2) is 24.3 Å². The third-order valence-corrected chi connectivity index (χ3v) is 5.67. The fraction of sp³-hybridized carbons (Fsp3) is 0.556. The second kappa shape index (κ2) is 4.59. The van der Waals surface area contributed by atoms with Gasteiger partial charge >= 0.3 is 0 Å². The molecule has 3 atom stereocenters. The topological polar surface area (TPSA) is 52.9 Å². The molecule has 3 aliphatic rings. The van der Waals surface area contributed by atoms with Crippen molar-refractivity contribution in [1.82, 2.24) is 5.32 Å². The molecule has 3 aliphatic carbocycles. The van der Waals surface area contributed by atoms with Crippen LogP contribution in [0.2, 0.25) is 0 Å². The Morgan fingerprint density at radius 2 is 2.05 bits per heavy atom. The Balaban J connectivity index is 1.52. The second-order valence-electron chi connectivity index (χ2n) is 6.84. The predicted molar refractivity (Wildman–Crippen MR) is 79.4 cm³/mol. The summed E-state index contributed by atoms with van der Waals surface area (Å²) in [7, 11) is 0. The highest BCUT2D eigenvalue weighted by atomic mass is 16.2. The van der Waals surface area contributed by atoms with Crippen LogP contribution in [0.3, 0.4) is 0 Å². The van der Waals surface area contributed by atoms with E-state index < -0.39 is 5.54 Å². The van der Waals surface area contributed by atoms with Gasteiger partial charge in [-0.2, -0.15) is 5.26 Å². The smallest absolute Gasteiger partial charge is 0.225 e. The van der Waals surface area contributed by atoms with E-state index in [2.05, 4.69) is 35.7 Å². The first-order chi connectivity index (χ1) is 10.2. The number of benzene rings is 1. The highest BCUT2D eigenvalue weighted by Crippen LogP contribution is 2.60. The van der Waals surface area contributed by atoms with E-state index in [9.17, 15) is 10.1 Å². The molecular weight excluding hydrogens is 260 g/mol. The van der Waals surface area contributed by atoms with Crippen molar-refractivity contribution in [2.75, 3.05) is 0 Å². The SMILES string of the molecule is N#CC1(NC(=O)C2C3CCc4ccccc4C32)CCCC1. The van der Waals surface area contributed by atoms with Crippen LogP contribution in [0.25, 0.3) is 0 Å². The third kappa shape index (κ3) is 1.97. The van der Waals surface area contributed by atoms with E-state index in [0.717, 1.165) is 38.5 Å². The maximum Gasteiger partial charge on any atom is 0.225 e. The summed E-state index contributed by atoms with van der Waals surface area (Å²) in [4.78, 5) is 12.6. The van der Waals surface area contributed by atoms with Crippen molar-refractivity contribution in [3.05, 3.63) is 35.4 Å². The van der Waals surface area contributed by atoms with Gasteiger partial charge in [0.05, 0.1) is 6.07 Å². The van der Waals surface area contributed by atoms with Crippen molar-refractivity contribution in [2.45, 2.75) is 50.0 Å². The molecule has 108 valence electrons. The maximum atomic E-state index is 12.6. The molecule has 0 saturated heterocycles. The highest BCUT2D eigenvalue weighted by molar-refractivity contribution is 5.85. The zero-order valence-corrected chi connectivity index (χ0v) is 12.1. The predicted octanol–water partition coefficient (Wildman–Crippen LogP) is 2.91. The Labute approximate surface area is 125 Å². The van der Waals surface area contributed by atoms with Crippen molar-refractivity contribution >= 4 is 5.91 Å². The number of nitrogens with one attached hydrogen (secondary N) is 1. The lowest BCUT2D eigenvalue weighted by Gasteiger charge is -2.22. The zero-order chi connectivity index (χ0) is 14.4. The average Bonchev–Trinajstić information content (AvgIpc) is 3.10. The minimum atomic E-state index is -0.581. The van der Waals surface area contributed by atoms with Gasteiger partial charge in [-0.25, -0.2) is 0 Å². The van der Waals surface area contributed by atoms with Crippen LogP contribution in [-0.2, 0) is 11.2 Å². The molecule has 1 N–H and O–H groups in total. The Hall–Kier alpha value is -1.82. The van der Waals surface area contributed by atoms with Crippen LogP contribution >= 0.6 is 0 Å². The lowest BCUT2D eigenvalue weighted by Crippen LogP contribution is -2.46. The summed E-state index contributed by atoms with van der Waals surface area (Å²) in [5.74, 6) is 1.11. The molecule has 0 heterocycles. The zero-order valence-electron chi connectivity index (χ0n) is 12.1. The molecule has 0 aliphatic heterocycles. The Morgan fingerprint density at radius 1 is 1.29 bits per heavy atom. The van der Waals surface area contributed by atoms with Crippen LogP contribution in [-0.4, -0.2) is 11.4 Å². The van der Waals surface area contributed by atoms with E-state index >= 15 is 0 Å². The summed E-state index contributed by atoms with van der Waals surface area (Å²) < 4.78 is 0. The summed E-state index contributed by atoms with van der Waals surface area (Å²) in [6, 6.07) is 10.9. The summed E-state index contributed by atoms with van der Waals surface area (Å²) in [5, 5.41) is 12.5. The molecule has 3 unspecified atom stereocenters. The lowest BCUT2D eigenvalue weighted by molar-refractivity contribution is -0.124. The third-order valence-electron chi connectivity index (χ3n) is 5.67. The fourth-order valence-electron chi connectivity index (χ4n) is 4.49. The first-order valence-electron chi connectivity index (χ1n) is 8.05. The van der Waals surface area contributed by atoms with Gasteiger partial charge < -0.3 is 5.32 Å². The number of rotatable bonds is 2. The van der Waals surface area contributed by atoms with Crippen LogP contribution in [0.1, 0.15) is 49.1 Å². The summed E-state index contributed by atoms with van der Waals surface area (Å²) >= 11 is 0. The van der Waals surface area contributed by atoms with Crippen LogP contribution in [0.4, 0.5) is 0 Å². The second-order valence-corrected chi connectivity index (χ2v) is 6.84. The molecule has 2 fully saturated rings. The number of amides is 1. The van der Waals surface area contributed by atoms with Gasteiger partial charge in [-0.3, -0.25) is 4.79 Å². The molecule has 1 aromatic rings. The van der Waals surface area contributed by atoms with E-state index in [1.165, 1.54) is 11.1 Å². The monoisotopic (exact) mass is 280 g/mol. The number of hydrogen-bond acceptors (Lipinski definition) is 2. The number of carbonyl (C=O) groups is 1. The highest BCUT2D eigenvalue weighted by Gasteiger charge is 2.57. The molecule has 4 rings (SSSR count). The van der Waals surface area contributed by atoms with Crippen LogP contribution in [0.5, 0.6) is 0 Å². The molecule has 0 aromatic heterocycles.